The topological polar surface area (TPSA) is 95.3 Å². The van der Waals surface area contributed by atoms with Gasteiger partial charge in [0.25, 0.3) is 0 Å². The smallest absolute Gasteiger partial charge is 0.248 e. The maximum absolute atomic E-state index is 11.5. The molecular formula is C15H16N4O4. The van der Waals surface area contributed by atoms with Gasteiger partial charge in [0.1, 0.15) is 13.2 Å². The van der Waals surface area contributed by atoms with E-state index in [-0.39, 0.29) is 13.2 Å². The highest BCUT2D eigenvalue weighted by Crippen LogP contribution is 2.10. The number of hydrogen-bond donors (Lipinski definition) is 0. The number of benzene rings is 2. The molecule has 0 aliphatic heterocycles. The minimum Gasteiger partial charge on any atom is -0.592 e. The van der Waals surface area contributed by atoms with Gasteiger partial charge in [0.05, 0.1) is 0 Å². The third kappa shape index (κ3) is 5.62. The fourth-order valence-corrected chi connectivity index (χ4v) is 1.58. The predicted molar refractivity (Wildman–Crippen MR) is 80.8 cm³/mol. The first-order valence-corrected chi connectivity index (χ1v) is 6.98. The fraction of sp³-hybridized carbons (Fsp3) is 0.200. The van der Waals surface area contributed by atoms with Crippen molar-refractivity contribution in [3.05, 3.63) is 71.1 Å². The second-order valence-electron chi connectivity index (χ2n) is 4.40. The quantitative estimate of drug-likeness (QED) is 0.320. The van der Waals surface area contributed by atoms with Crippen molar-refractivity contribution in [3.63, 3.8) is 0 Å². The van der Waals surface area contributed by atoms with Gasteiger partial charge in [-0.1, -0.05) is 36.4 Å². The summed E-state index contributed by atoms with van der Waals surface area (Å²) in [6, 6.07) is 17.0. The Bertz CT molecular complexity index is 590. The van der Waals surface area contributed by atoms with Crippen LogP contribution < -0.4 is 0 Å². The Hall–Kier alpha value is -3.16. The zero-order valence-electron chi connectivity index (χ0n) is 12.3. The molecule has 2 aromatic rings. The third-order valence-electron chi connectivity index (χ3n) is 2.69. The number of para-hydroxylation sites is 2. The second-order valence-corrected chi connectivity index (χ2v) is 4.40. The van der Waals surface area contributed by atoms with Gasteiger partial charge >= 0.3 is 0 Å². The summed E-state index contributed by atoms with van der Waals surface area (Å²) in [5, 5.41) is 29.8. The van der Waals surface area contributed by atoms with Gasteiger partial charge in [-0.25, -0.2) is 0 Å². The zero-order chi connectivity index (χ0) is 16.3. The van der Waals surface area contributed by atoms with Crippen LogP contribution in [0.4, 0.5) is 11.4 Å². The largest absolute Gasteiger partial charge is 0.592 e. The molecule has 0 N–H and O–H groups in total. The highest BCUT2D eigenvalue weighted by atomic mass is 16.7. The minimum absolute atomic E-state index is 0.172. The van der Waals surface area contributed by atoms with Crippen molar-refractivity contribution in [1.29, 1.82) is 0 Å². The molecule has 8 heteroatoms. The van der Waals surface area contributed by atoms with E-state index in [1.54, 1.807) is 60.7 Å². The van der Waals surface area contributed by atoms with Crippen LogP contribution >= 0.6 is 0 Å². The summed E-state index contributed by atoms with van der Waals surface area (Å²) in [5.41, 5.74) is 0.757. The summed E-state index contributed by atoms with van der Waals surface area (Å²) < 4.78 is 0. The van der Waals surface area contributed by atoms with Gasteiger partial charge in [0, 0.05) is 30.7 Å². The van der Waals surface area contributed by atoms with E-state index < -0.39 is 0 Å². The lowest BCUT2D eigenvalue weighted by Gasteiger charge is -2.00. The summed E-state index contributed by atoms with van der Waals surface area (Å²) in [6.45, 7) is 0.344. The Labute approximate surface area is 133 Å². The Kier molecular flexibility index (Phi) is 6.33. The SMILES string of the molecule is [O-]/[N+](=N/OCCCO/N=[N+](/[O-])c1ccccc1)c1ccccc1. The lowest BCUT2D eigenvalue weighted by atomic mass is 10.3. The molecule has 8 nitrogen and oxygen atoms in total. The minimum atomic E-state index is 0.172. The van der Waals surface area contributed by atoms with Crippen LogP contribution in [0.15, 0.2) is 71.2 Å². The molecule has 0 amide bonds. The zero-order valence-corrected chi connectivity index (χ0v) is 12.3. The summed E-state index contributed by atoms with van der Waals surface area (Å²) >= 11 is 0. The van der Waals surface area contributed by atoms with Crippen molar-refractivity contribution < 1.29 is 19.4 Å². The van der Waals surface area contributed by atoms with Gasteiger partial charge in [-0.05, 0) is 9.72 Å². The van der Waals surface area contributed by atoms with Crippen molar-refractivity contribution in [2.45, 2.75) is 6.42 Å². The van der Waals surface area contributed by atoms with Crippen LogP contribution in [0.2, 0.25) is 0 Å². The summed E-state index contributed by atoms with van der Waals surface area (Å²) in [4.78, 5) is 10.5. The molecule has 0 saturated carbocycles. The van der Waals surface area contributed by atoms with Gasteiger partial charge in [0.2, 0.25) is 21.9 Å². The average Bonchev–Trinajstić information content (AvgIpc) is 2.62. The van der Waals surface area contributed by atoms with Crippen LogP contribution in [0.3, 0.4) is 0 Å². The first-order valence-electron chi connectivity index (χ1n) is 6.98. The monoisotopic (exact) mass is 316 g/mol. The van der Waals surface area contributed by atoms with Gasteiger partial charge in [-0.3, -0.25) is 0 Å². The molecule has 2 rings (SSSR count). The molecule has 120 valence electrons. The Balaban J connectivity index is 1.65. The highest BCUT2D eigenvalue weighted by Gasteiger charge is 2.03. The van der Waals surface area contributed by atoms with Gasteiger partial charge in [-0.2, -0.15) is 0 Å². The molecule has 0 aromatic heterocycles. The van der Waals surface area contributed by atoms with Gasteiger partial charge in [0.15, 0.2) is 0 Å². The third-order valence-corrected chi connectivity index (χ3v) is 2.69. The van der Waals surface area contributed by atoms with E-state index in [9.17, 15) is 10.4 Å². The van der Waals surface area contributed by atoms with Crippen LogP contribution in [0.1, 0.15) is 6.42 Å². The molecule has 0 unspecified atom stereocenters. The van der Waals surface area contributed by atoms with E-state index in [4.69, 9.17) is 9.68 Å². The average molecular weight is 316 g/mol. The van der Waals surface area contributed by atoms with Crippen LogP contribution in [0.25, 0.3) is 0 Å². The molecule has 0 aliphatic rings. The molecule has 0 aliphatic carbocycles. The van der Waals surface area contributed by atoms with Crippen molar-refractivity contribution in [3.8, 4) is 0 Å². The normalized spacial score (nSPS) is 12.0. The van der Waals surface area contributed by atoms with Gasteiger partial charge in [-0.15, -0.1) is 0 Å². The first kappa shape index (κ1) is 16.2. The molecule has 2 aromatic carbocycles. The van der Waals surface area contributed by atoms with E-state index in [0.29, 0.717) is 27.5 Å². The molecule has 23 heavy (non-hydrogen) atoms. The lowest BCUT2D eigenvalue weighted by Crippen LogP contribution is -2.00. The van der Waals surface area contributed by atoms with Crippen molar-refractivity contribution in [2.75, 3.05) is 13.2 Å². The van der Waals surface area contributed by atoms with Crippen molar-refractivity contribution >= 4 is 11.4 Å². The van der Waals surface area contributed by atoms with E-state index in [1.165, 1.54) is 0 Å². The van der Waals surface area contributed by atoms with Crippen molar-refractivity contribution in [1.82, 2.24) is 0 Å². The number of nitrogens with zero attached hydrogens (tertiary/aromatic N) is 4. The molecule has 0 heterocycles. The Morgan fingerprint density at radius 3 is 1.48 bits per heavy atom. The van der Waals surface area contributed by atoms with Gasteiger partial charge < -0.3 is 20.1 Å². The van der Waals surface area contributed by atoms with E-state index in [1.807, 2.05) is 0 Å². The maximum Gasteiger partial charge on any atom is 0.248 e. The standard InChI is InChI=1S/C15H16N4O4/c20-18(14-8-3-1-4-9-14)16-22-12-7-13-23-17-19(21)15-10-5-2-6-11-15/h1-6,8-11H,7,12-13H2/b18-16+,19-17+. The van der Waals surface area contributed by atoms with E-state index in [0.717, 1.165) is 0 Å². The molecule has 0 radical (unpaired) electrons. The fourth-order valence-electron chi connectivity index (χ4n) is 1.58. The predicted octanol–water partition coefficient (Wildman–Crippen LogP) is 3.83. The molecule has 0 bridgehead atoms. The second kappa shape index (κ2) is 8.98. The van der Waals surface area contributed by atoms with Crippen molar-refractivity contribution in [2.24, 2.45) is 10.6 Å². The molecular weight excluding hydrogens is 300 g/mol. The molecule has 0 saturated heterocycles. The Morgan fingerprint density at radius 1 is 0.696 bits per heavy atom. The lowest BCUT2D eigenvalue weighted by molar-refractivity contribution is -0.481. The van der Waals surface area contributed by atoms with Crippen LogP contribution in [0, 0.1) is 10.4 Å². The summed E-state index contributed by atoms with van der Waals surface area (Å²) in [5.74, 6) is 0. The summed E-state index contributed by atoms with van der Waals surface area (Å²) in [6.07, 6.45) is 0.429. The number of rotatable bonds is 8. The Morgan fingerprint density at radius 2 is 1.09 bits per heavy atom. The van der Waals surface area contributed by atoms with E-state index in [2.05, 4.69) is 10.6 Å². The maximum atomic E-state index is 11.5. The highest BCUT2D eigenvalue weighted by molar-refractivity contribution is 5.28. The molecule has 0 fully saturated rings. The molecule has 0 atom stereocenters. The molecule has 0 spiro atoms. The van der Waals surface area contributed by atoms with Crippen LogP contribution in [-0.4, -0.2) is 22.9 Å². The first-order chi connectivity index (χ1) is 11.3. The van der Waals surface area contributed by atoms with Crippen LogP contribution in [0.5, 0.6) is 0 Å². The summed E-state index contributed by atoms with van der Waals surface area (Å²) in [7, 11) is 0. The van der Waals surface area contributed by atoms with Crippen LogP contribution in [-0.2, 0) is 9.68 Å². The number of hydrogen-bond acceptors (Lipinski definition) is 6. The van der Waals surface area contributed by atoms with E-state index >= 15 is 0 Å².